The number of aldehydes is 1. The maximum absolute atomic E-state index is 11.0. The van der Waals surface area contributed by atoms with E-state index in [1.807, 2.05) is 23.8 Å². The Labute approximate surface area is 89.4 Å². The second kappa shape index (κ2) is 4.49. The Balaban J connectivity index is 2.25. The number of nitrogens with zero attached hydrogens (tertiary/aromatic N) is 2. The van der Waals surface area contributed by atoms with Gasteiger partial charge in [0.05, 0.1) is 18.9 Å². The first-order valence-corrected chi connectivity index (χ1v) is 5.33. The second-order valence-electron chi connectivity index (χ2n) is 3.59. The van der Waals surface area contributed by atoms with Crippen LogP contribution in [0.4, 0.5) is 5.69 Å². The van der Waals surface area contributed by atoms with Crippen molar-refractivity contribution in [2.45, 2.75) is 13.5 Å². The third-order valence-electron chi connectivity index (χ3n) is 2.79. The lowest BCUT2D eigenvalue weighted by atomic mass is 10.3. The molecular weight excluding hydrogens is 192 g/mol. The number of anilines is 1. The molecular formula is C11H16N2O2. The predicted molar refractivity (Wildman–Crippen MR) is 58.5 cm³/mol. The molecule has 1 aliphatic rings. The zero-order valence-corrected chi connectivity index (χ0v) is 8.98. The fourth-order valence-corrected chi connectivity index (χ4v) is 1.95. The van der Waals surface area contributed by atoms with Crippen LogP contribution in [-0.2, 0) is 11.3 Å². The molecule has 2 rings (SSSR count). The molecule has 0 aliphatic carbocycles. The Hall–Kier alpha value is -1.29. The molecule has 82 valence electrons. The lowest BCUT2D eigenvalue weighted by Gasteiger charge is -2.28. The number of aryl methyl sites for hydroxylation is 1. The topological polar surface area (TPSA) is 34.5 Å². The number of hydrogen-bond acceptors (Lipinski definition) is 3. The van der Waals surface area contributed by atoms with Gasteiger partial charge in [0.15, 0.2) is 6.29 Å². The summed E-state index contributed by atoms with van der Waals surface area (Å²) in [6.45, 7) is 6.10. The summed E-state index contributed by atoms with van der Waals surface area (Å²) in [5.41, 5.74) is 1.81. The molecule has 0 unspecified atom stereocenters. The summed E-state index contributed by atoms with van der Waals surface area (Å²) in [4.78, 5) is 13.2. The van der Waals surface area contributed by atoms with E-state index in [2.05, 4.69) is 4.90 Å². The third kappa shape index (κ3) is 1.90. The molecule has 0 bridgehead atoms. The van der Waals surface area contributed by atoms with Crippen LogP contribution in [0.25, 0.3) is 0 Å². The average Bonchev–Trinajstić information content (AvgIpc) is 2.72. The number of aromatic nitrogens is 1. The summed E-state index contributed by atoms with van der Waals surface area (Å²) in [6.07, 6.45) is 2.91. The molecule has 1 saturated heterocycles. The quantitative estimate of drug-likeness (QED) is 0.699. The average molecular weight is 208 g/mol. The summed E-state index contributed by atoms with van der Waals surface area (Å²) in [7, 11) is 0. The minimum atomic E-state index is 0.746. The molecule has 15 heavy (non-hydrogen) atoms. The van der Waals surface area contributed by atoms with Crippen LogP contribution in [0, 0.1) is 0 Å². The SMILES string of the molecule is CCn1ccc(N2CCOCC2)c1C=O. The first-order chi connectivity index (χ1) is 7.36. The van der Waals surface area contributed by atoms with Crippen LogP contribution < -0.4 is 4.90 Å². The monoisotopic (exact) mass is 208 g/mol. The van der Waals surface area contributed by atoms with Crippen molar-refractivity contribution in [1.82, 2.24) is 4.57 Å². The number of rotatable bonds is 3. The summed E-state index contributed by atoms with van der Waals surface area (Å²) in [6, 6.07) is 2.01. The van der Waals surface area contributed by atoms with Gasteiger partial charge in [0.1, 0.15) is 5.69 Å². The van der Waals surface area contributed by atoms with Crippen molar-refractivity contribution < 1.29 is 9.53 Å². The van der Waals surface area contributed by atoms with Gasteiger partial charge in [0.2, 0.25) is 0 Å². The van der Waals surface area contributed by atoms with Crippen molar-refractivity contribution in [3.63, 3.8) is 0 Å². The molecule has 1 aromatic rings. The van der Waals surface area contributed by atoms with Gasteiger partial charge in [-0.3, -0.25) is 4.79 Å². The fourth-order valence-electron chi connectivity index (χ4n) is 1.95. The predicted octanol–water partition coefficient (Wildman–Crippen LogP) is 1.16. The largest absolute Gasteiger partial charge is 0.378 e. The molecule has 1 aliphatic heterocycles. The molecule has 1 aromatic heterocycles. The molecule has 2 heterocycles. The van der Waals surface area contributed by atoms with Crippen LogP contribution in [0.15, 0.2) is 12.3 Å². The van der Waals surface area contributed by atoms with E-state index < -0.39 is 0 Å². The molecule has 0 N–H and O–H groups in total. The van der Waals surface area contributed by atoms with E-state index in [1.165, 1.54) is 0 Å². The van der Waals surface area contributed by atoms with E-state index in [-0.39, 0.29) is 0 Å². The molecule has 4 heteroatoms. The molecule has 1 fully saturated rings. The standard InChI is InChI=1S/C11H16N2O2/c1-2-12-4-3-10(11(12)9-14)13-5-7-15-8-6-13/h3-4,9H,2,5-8H2,1H3. The van der Waals surface area contributed by atoms with Crippen molar-refractivity contribution in [3.8, 4) is 0 Å². The van der Waals surface area contributed by atoms with E-state index in [0.717, 1.165) is 50.5 Å². The Morgan fingerprint density at radius 3 is 2.80 bits per heavy atom. The van der Waals surface area contributed by atoms with Crippen molar-refractivity contribution in [2.75, 3.05) is 31.2 Å². The van der Waals surface area contributed by atoms with Crippen molar-refractivity contribution >= 4 is 12.0 Å². The normalized spacial score (nSPS) is 16.7. The van der Waals surface area contributed by atoms with Gasteiger partial charge >= 0.3 is 0 Å². The van der Waals surface area contributed by atoms with Crippen LogP contribution in [0.1, 0.15) is 17.4 Å². The Kier molecular flexibility index (Phi) is 3.06. The van der Waals surface area contributed by atoms with Crippen LogP contribution in [-0.4, -0.2) is 37.2 Å². The number of ether oxygens (including phenoxy) is 1. The molecule has 0 aromatic carbocycles. The van der Waals surface area contributed by atoms with Crippen LogP contribution >= 0.6 is 0 Å². The minimum Gasteiger partial charge on any atom is -0.378 e. The Morgan fingerprint density at radius 1 is 1.47 bits per heavy atom. The van der Waals surface area contributed by atoms with Crippen molar-refractivity contribution in [1.29, 1.82) is 0 Å². The smallest absolute Gasteiger partial charge is 0.168 e. The number of carbonyl (C=O) groups is 1. The maximum Gasteiger partial charge on any atom is 0.168 e. The zero-order valence-electron chi connectivity index (χ0n) is 8.98. The van der Waals surface area contributed by atoms with Gasteiger partial charge in [-0.25, -0.2) is 0 Å². The van der Waals surface area contributed by atoms with Crippen LogP contribution in [0.2, 0.25) is 0 Å². The first kappa shape index (κ1) is 10.2. The highest BCUT2D eigenvalue weighted by atomic mass is 16.5. The summed E-state index contributed by atoms with van der Waals surface area (Å²) in [5.74, 6) is 0. The highest BCUT2D eigenvalue weighted by molar-refractivity contribution is 5.82. The van der Waals surface area contributed by atoms with E-state index in [1.54, 1.807) is 0 Å². The summed E-state index contributed by atoms with van der Waals surface area (Å²) < 4.78 is 7.26. The van der Waals surface area contributed by atoms with Crippen molar-refractivity contribution in [3.05, 3.63) is 18.0 Å². The minimum absolute atomic E-state index is 0.746. The molecule has 0 amide bonds. The van der Waals surface area contributed by atoms with Gasteiger partial charge in [0, 0.05) is 25.8 Å². The lowest BCUT2D eigenvalue weighted by Crippen LogP contribution is -2.36. The van der Waals surface area contributed by atoms with Crippen LogP contribution in [0.5, 0.6) is 0 Å². The van der Waals surface area contributed by atoms with Gasteiger partial charge in [-0.15, -0.1) is 0 Å². The number of morpholine rings is 1. The summed E-state index contributed by atoms with van der Waals surface area (Å²) in [5, 5.41) is 0. The zero-order chi connectivity index (χ0) is 10.7. The fraction of sp³-hybridized carbons (Fsp3) is 0.545. The Bertz CT molecular complexity index is 340. The second-order valence-corrected chi connectivity index (χ2v) is 3.59. The molecule has 0 atom stereocenters. The van der Waals surface area contributed by atoms with E-state index in [4.69, 9.17) is 4.74 Å². The van der Waals surface area contributed by atoms with Gasteiger partial charge in [-0.1, -0.05) is 0 Å². The highest BCUT2D eigenvalue weighted by Gasteiger charge is 2.16. The summed E-state index contributed by atoms with van der Waals surface area (Å²) >= 11 is 0. The molecule has 4 nitrogen and oxygen atoms in total. The molecule has 0 radical (unpaired) electrons. The number of carbonyl (C=O) groups excluding carboxylic acids is 1. The third-order valence-corrected chi connectivity index (χ3v) is 2.79. The number of hydrogen-bond donors (Lipinski definition) is 0. The van der Waals surface area contributed by atoms with Crippen LogP contribution in [0.3, 0.4) is 0 Å². The van der Waals surface area contributed by atoms with E-state index in [0.29, 0.717) is 0 Å². The van der Waals surface area contributed by atoms with Crippen molar-refractivity contribution in [2.24, 2.45) is 0 Å². The maximum atomic E-state index is 11.0. The first-order valence-electron chi connectivity index (χ1n) is 5.33. The lowest BCUT2D eigenvalue weighted by molar-refractivity contribution is 0.111. The Morgan fingerprint density at radius 2 is 2.20 bits per heavy atom. The van der Waals surface area contributed by atoms with E-state index >= 15 is 0 Å². The van der Waals surface area contributed by atoms with Gasteiger partial charge in [-0.05, 0) is 13.0 Å². The van der Waals surface area contributed by atoms with Gasteiger partial charge < -0.3 is 14.2 Å². The highest BCUT2D eigenvalue weighted by Crippen LogP contribution is 2.21. The van der Waals surface area contributed by atoms with Gasteiger partial charge in [-0.2, -0.15) is 0 Å². The van der Waals surface area contributed by atoms with Gasteiger partial charge in [0.25, 0.3) is 0 Å². The van der Waals surface area contributed by atoms with E-state index in [9.17, 15) is 4.79 Å². The molecule has 0 spiro atoms. The molecule has 0 saturated carbocycles.